The van der Waals surface area contributed by atoms with Crippen molar-refractivity contribution in [1.29, 1.82) is 0 Å². The number of urea groups is 1. The van der Waals surface area contributed by atoms with Crippen LogP contribution in [-0.2, 0) is 4.79 Å². The monoisotopic (exact) mass is 210 g/mol. The molecule has 2 amide bonds. The van der Waals surface area contributed by atoms with Crippen LogP contribution in [0.5, 0.6) is 5.75 Å². The maximum Gasteiger partial charge on any atom is 0.330 e. The Morgan fingerprint density at radius 2 is 1.80 bits per heavy atom. The lowest BCUT2D eigenvalue weighted by molar-refractivity contribution is -0.139. The number of phenolic OH excluding ortho intramolecular Hbond substituents is 1. The topological polar surface area (TPSA) is 113 Å². The Balaban J connectivity index is 2.94. The zero-order valence-electron chi connectivity index (χ0n) is 7.68. The van der Waals surface area contributed by atoms with E-state index in [9.17, 15) is 9.59 Å². The first-order chi connectivity index (χ1) is 7.00. The molecule has 0 heterocycles. The van der Waals surface area contributed by atoms with Crippen molar-refractivity contribution in [2.45, 2.75) is 6.04 Å². The number of carbonyl (C=O) groups excluding carboxylic acids is 1. The SMILES string of the molecule is NC(=O)N[C@@H](C(=O)O)c1ccc(O)cc1. The van der Waals surface area contributed by atoms with E-state index in [1.54, 1.807) is 0 Å². The fourth-order valence-electron chi connectivity index (χ4n) is 1.10. The zero-order chi connectivity index (χ0) is 11.4. The molecule has 1 atom stereocenters. The summed E-state index contributed by atoms with van der Waals surface area (Å²) in [6, 6.07) is 3.31. The summed E-state index contributed by atoms with van der Waals surface area (Å²) in [5, 5.41) is 19.9. The number of rotatable bonds is 3. The van der Waals surface area contributed by atoms with Gasteiger partial charge in [0.25, 0.3) is 0 Å². The van der Waals surface area contributed by atoms with Crippen molar-refractivity contribution in [2.24, 2.45) is 5.73 Å². The Kier molecular flexibility index (Phi) is 3.12. The largest absolute Gasteiger partial charge is 0.508 e. The van der Waals surface area contributed by atoms with Gasteiger partial charge in [-0.3, -0.25) is 0 Å². The van der Waals surface area contributed by atoms with Gasteiger partial charge in [0.15, 0.2) is 6.04 Å². The molecule has 0 aliphatic heterocycles. The first-order valence-electron chi connectivity index (χ1n) is 4.08. The van der Waals surface area contributed by atoms with Gasteiger partial charge in [0.05, 0.1) is 0 Å². The van der Waals surface area contributed by atoms with E-state index in [0.29, 0.717) is 5.56 Å². The summed E-state index contributed by atoms with van der Waals surface area (Å²) < 4.78 is 0. The summed E-state index contributed by atoms with van der Waals surface area (Å²) in [5.74, 6) is -1.21. The Bertz CT molecular complexity index is 374. The number of amides is 2. The molecule has 0 aliphatic rings. The van der Waals surface area contributed by atoms with E-state index in [0.717, 1.165) is 0 Å². The van der Waals surface area contributed by atoms with Crippen LogP contribution >= 0.6 is 0 Å². The smallest absolute Gasteiger partial charge is 0.330 e. The number of hydrogen-bond acceptors (Lipinski definition) is 3. The number of carboxylic acid groups (broad SMARTS) is 1. The van der Waals surface area contributed by atoms with Crippen molar-refractivity contribution >= 4 is 12.0 Å². The molecule has 0 spiro atoms. The fraction of sp³-hybridized carbons (Fsp3) is 0.111. The number of hydrogen-bond donors (Lipinski definition) is 4. The lowest BCUT2D eigenvalue weighted by Gasteiger charge is -2.12. The molecule has 0 fully saturated rings. The quantitative estimate of drug-likeness (QED) is 0.570. The van der Waals surface area contributed by atoms with E-state index in [1.165, 1.54) is 24.3 Å². The summed E-state index contributed by atoms with van der Waals surface area (Å²) in [5.41, 5.74) is 5.17. The molecule has 15 heavy (non-hydrogen) atoms. The van der Waals surface area contributed by atoms with Gasteiger partial charge in [0, 0.05) is 0 Å². The highest BCUT2D eigenvalue weighted by molar-refractivity contribution is 5.82. The minimum Gasteiger partial charge on any atom is -0.508 e. The van der Waals surface area contributed by atoms with Gasteiger partial charge in [-0.1, -0.05) is 12.1 Å². The third-order valence-corrected chi connectivity index (χ3v) is 1.76. The van der Waals surface area contributed by atoms with E-state index in [2.05, 4.69) is 5.32 Å². The molecule has 0 unspecified atom stereocenters. The number of carboxylic acids is 1. The predicted octanol–water partition coefficient (Wildman–Crippen LogP) is 0.186. The van der Waals surface area contributed by atoms with Gasteiger partial charge in [-0.2, -0.15) is 0 Å². The van der Waals surface area contributed by atoms with Crippen LogP contribution in [0, 0.1) is 0 Å². The average molecular weight is 210 g/mol. The van der Waals surface area contributed by atoms with Crippen LogP contribution in [-0.4, -0.2) is 22.2 Å². The maximum absolute atomic E-state index is 10.8. The average Bonchev–Trinajstić information content (AvgIpc) is 2.15. The summed E-state index contributed by atoms with van der Waals surface area (Å²) in [6.07, 6.45) is 0. The van der Waals surface area contributed by atoms with Crippen LogP contribution in [0.1, 0.15) is 11.6 Å². The molecule has 0 radical (unpaired) electrons. The summed E-state index contributed by atoms with van der Waals surface area (Å²) in [6.45, 7) is 0. The van der Waals surface area contributed by atoms with E-state index in [4.69, 9.17) is 15.9 Å². The van der Waals surface area contributed by atoms with Crippen LogP contribution in [0.15, 0.2) is 24.3 Å². The van der Waals surface area contributed by atoms with E-state index in [-0.39, 0.29) is 5.75 Å². The molecule has 1 aromatic carbocycles. The first kappa shape index (κ1) is 10.8. The van der Waals surface area contributed by atoms with Crippen molar-refractivity contribution in [2.75, 3.05) is 0 Å². The van der Waals surface area contributed by atoms with Gasteiger partial charge < -0.3 is 21.3 Å². The van der Waals surface area contributed by atoms with Crippen LogP contribution < -0.4 is 11.1 Å². The molecule has 0 saturated heterocycles. The molecule has 80 valence electrons. The third-order valence-electron chi connectivity index (χ3n) is 1.76. The van der Waals surface area contributed by atoms with Crippen LogP contribution in [0.2, 0.25) is 0 Å². The number of nitrogens with one attached hydrogen (secondary N) is 1. The Morgan fingerprint density at radius 1 is 1.27 bits per heavy atom. The van der Waals surface area contributed by atoms with Crippen LogP contribution in [0.3, 0.4) is 0 Å². The predicted molar refractivity (Wildman–Crippen MR) is 51.2 cm³/mol. The van der Waals surface area contributed by atoms with Gasteiger partial charge in [-0.25, -0.2) is 9.59 Å². The summed E-state index contributed by atoms with van der Waals surface area (Å²) in [4.78, 5) is 21.3. The molecule has 6 heteroatoms. The molecule has 1 rings (SSSR count). The van der Waals surface area contributed by atoms with Crippen molar-refractivity contribution in [3.63, 3.8) is 0 Å². The number of phenols is 1. The fourth-order valence-corrected chi connectivity index (χ4v) is 1.10. The molecule has 0 saturated carbocycles. The highest BCUT2D eigenvalue weighted by atomic mass is 16.4. The highest BCUT2D eigenvalue weighted by Gasteiger charge is 2.20. The number of aromatic hydroxyl groups is 1. The second-order valence-corrected chi connectivity index (χ2v) is 2.87. The van der Waals surface area contributed by atoms with Gasteiger partial charge in [-0.05, 0) is 17.7 Å². The summed E-state index contributed by atoms with van der Waals surface area (Å²) in [7, 11) is 0. The van der Waals surface area contributed by atoms with Crippen LogP contribution in [0.4, 0.5) is 4.79 Å². The second-order valence-electron chi connectivity index (χ2n) is 2.87. The Hall–Kier alpha value is -2.24. The molecule has 6 nitrogen and oxygen atoms in total. The highest BCUT2D eigenvalue weighted by Crippen LogP contribution is 2.16. The number of carbonyl (C=O) groups is 2. The van der Waals surface area contributed by atoms with E-state index >= 15 is 0 Å². The van der Waals surface area contributed by atoms with Crippen molar-refractivity contribution in [3.8, 4) is 5.75 Å². The van der Waals surface area contributed by atoms with E-state index < -0.39 is 18.0 Å². The standard InChI is InChI=1S/C9H10N2O4/c10-9(15)11-7(8(13)14)5-1-3-6(12)4-2-5/h1-4,7,12H,(H,13,14)(H3,10,11,15)/t7-/m1/s1. The number of nitrogens with two attached hydrogens (primary N) is 1. The maximum atomic E-state index is 10.8. The minimum absolute atomic E-state index is 0.0157. The van der Waals surface area contributed by atoms with Crippen molar-refractivity contribution in [3.05, 3.63) is 29.8 Å². The van der Waals surface area contributed by atoms with Gasteiger partial charge in [-0.15, -0.1) is 0 Å². The van der Waals surface area contributed by atoms with Gasteiger partial charge in [0.1, 0.15) is 5.75 Å². The summed E-state index contributed by atoms with van der Waals surface area (Å²) >= 11 is 0. The molecule has 0 aliphatic carbocycles. The van der Waals surface area contributed by atoms with Gasteiger partial charge in [0.2, 0.25) is 0 Å². The number of aliphatic carboxylic acids is 1. The zero-order valence-corrected chi connectivity index (χ0v) is 7.68. The van der Waals surface area contributed by atoms with Crippen molar-refractivity contribution in [1.82, 2.24) is 5.32 Å². The molecular formula is C9H10N2O4. The first-order valence-corrected chi connectivity index (χ1v) is 4.08. The van der Waals surface area contributed by atoms with Crippen molar-refractivity contribution < 1.29 is 19.8 Å². The molecular weight excluding hydrogens is 200 g/mol. The van der Waals surface area contributed by atoms with Crippen LogP contribution in [0.25, 0.3) is 0 Å². The molecule has 0 aromatic heterocycles. The normalized spacial score (nSPS) is 11.7. The van der Waals surface area contributed by atoms with Gasteiger partial charge >= 0.3 is 12.0 Å². The lowest BCUT2D eigenvalue weighted by atomic mass is 10.1. The Labute approximate surface area is 85.3 Å². The lowest BCUT2D eigenvalue weighted by Crippen LogP contribution is -2.37. The molecule has 0 bridgehead atoms. The number of benzene rings is 1. The van der Waals surface area contributed by atoms with E-state index in [1.807, 2.05) is 0 Å². The minimum atomic E-state index is -1.22. The molecule has 1 aromatic rings. The number of primary amides is 1. The Morgan fingerprint density at radius 3 is 2.20 bits per heavy atom. The second kappa shape index (κ2) is 4.32. The third kappa shape index (κ3) is 2.87. The molecule has 5 N–H and O–H groups in total.